The van der Waals surface area contributed by atoms with Gasteiger partial charge in [-0.3, -0.25) is 0 Å². The number of aliphatic hydroxyl groups is 4. The molecule has 20 heavy (non-hydrogen) atoms. The van der Waals surface area contributed by atoms with Crippen molar-refractivity contribution in [3.05, 3.63) is 34.9 Å². The van der Waals surface area contributed by atoms with Crippen LogP contribution in [0.4, 0.5) is 0 Å². The number of ether oxygens (including phenoxy) is 2. The van der Waals surface area contributed by atoms with Crippen molar-refractivity contribution in [2.45, 2.75) is 30.7 Å². The summed E-state index contributed by atoms with van der Waals surface area (Å²) in [4.78, 5) is 0. The van der Waals surface area contributed by atoms with Crippen molar-refractivity contribution in [3.63, 3.8) is 0 Å². The third kappa shape index (κ3) is 3.29. The van der Waals surface area contributed by atoms with Crippen LogP contribution in [0.25, 0.3) is 0 Å². The molecule has 0 amide bonds. The van der Waals surface area contributed by atoms with Crippen LogP contribution < -0.4 is 0 Å². The van der Waals surface area contributed by atoms with Gasteiger partial charge in [-0.2, -0.15) is 0 Å². The van der Waals surface area contributed by atoms with E-state index in [4.69, 9.17) is 26.2 Å². The molecule has 1 unspecified atom stereocenters. The van der Waals surface area contributed by atoms with Crippen LogP contribution in [0.2, 0.25) is 5.02 Å². The molecule has 0 spiro atoms. The van der Waals surface area contributed by atoms with Gasteiger partial charge >= 0.3 is 0 Å². The number of rotatable bonds is 4. The summed E-state index contributed by atoms with van der Waals surface area (Å²) in [7, 11) is 0. The Bertz CT molecular complexity index is 425. The molecule has 112 valence electrons. The number of hydrogen-bond acceptors (Lipinski definition) is 6. The first kappa shape index (κ1) is 15.7. The molecular formula is C13H17ClO6. The van der Waals surface area contributed by atoms with Crippen molar-refractivity contribution < 1.29 is 29.9 Å². The van der Waals surface area contributed by atoms with E-state index in [1.807, 2.05) is 0 Å². The van der Waals surface area contributed by atoms with E-state index in [9.17, 15) is 15.3 Å². The van der Waals surface area contributed by atoms with Gasteiger partial charge in [0, 0.05) is 10.6 Å². The molecule has 4 N–H and O–H groups in total. The lowest BCUT2D eigenvalue weighted by molar-refractivity contribution is -0.310. The van der Waals surface area contributed by atoms with E-state index in [0.717, 1.165) is 0 Å². The van der Waals surface area contributed by atoms with Crippen molar-refractivity contribution in [1.29, 1.82) is 0 Å². The maximum absolute atomic E-state index is 9.94. The van der Waals surface area contributed by atoms with Crippen LogP contribution in [0.5, 0.6) is 0 Å². The number of benzene rings is 1. The highest BCUT2D eigenvalue weighted by atomic mass is 35.5. The van der Waals surface area contributed by atoms with Crippen LogP contribution in [-0.2, 0) is 9.47 Å². The Morgan fingerprint density at radius 1 is 1.15 bits per heavy atom. The SMILES string of the molecule is OC[C@H](O)[C@@H]1OC(c2ccc(Cl)cc2)O[C@H](CO)[C@@H]1O. The molecule has 1 fully saturated rings. The molecule has 0 bridgehead atoms. The fourth-order valence-electron chi connectivity index (χ4n) is 2.06. The molecule has 0 aliphatic carbocycles. The summed E-state index contributed by atoms with van der Waals surface area (Å²) in [6, 6.07) is 6.67. The van der Waals surface area contributed by atoms with Gasteiger partial charge in [-0.25, -0.2) is 0 Å². The van der Waals surface area contributed by atoms with Gasteiger partial charge in [0.1, 0.15) is 24.4 Å². The summed E-state index contributed by atoms with van der Waals surface area (Å²) < 4.78 is 10.9. The smallest absolute Gasteiger partial charge is 0.184 e. The zero-order valence-corrected chi connectivity index (χ0v) is 11.3. The largest absolute Gasteiger partial charge is 0.394 e. The van der Waals surface area contributed by atoms with Crippen LogP contribution >= 0.6 is 11.6 Å². The van der Waals surface area contributed by atoms with Crippen LogP contribution in [-0.4, -0.2) is 58.1 Å². The van der Waals surface area contributed by atoms with E-state index in [1.165, 1.54) is 0 Å². The van der Waals surface area contributed by atoms with Crippen LogP contribution in [0.3, 0.4) is 0 Å². The van der Waals surface area contributed by atoms with E-state index in [2.05, 4.69) is 0 Å². The molecule has 1 aliphatic rings. The average molecular weight is 305 g/mol. The maximum Gasteiger partial charge on any atom is 0.184 e. The first-order valence-corrected chi connectivity index (χ1v) is 6.59. The molecule has 6 nitrogen and oxygen atoms in total. The Hall–Kier alpha value is -0.730. The predicted octanol–water partition coefficient (Wildman–Crippen LogP) is -0.171. The third-order valence-corrected chi connectivity index (χ3v) is 3.44. The molecule has 5 atom stereocenters. The molecular weight excluding hydrogens is 288 g/mol. The van der Waals surface area contributed by atoms with Gasteiger partial charge in [0.2, 0.25) is 0 Å². The fourth-order valence-corrected chi connectivity index (χ4v) is 2.18. The van der Waals surface area contributed by atoms with Gasteiger partial charge in [-0.05, 0) is 12.1 Å². The van der Waals surface area contributed by atoms with Gasteiger partial charge in [0.15, 0.2) is 6.29 Å². The van der Waals surface area contributed by atoms with E-state index < -0.39 is 43.9 Å². The second-order valence-electron chi connectivity index (χ2n) is 4.58. The molecule has 1 aromatic carbocycles. The monoisotopic (exact) mass is 304 g/mol. The van der Waals surface area contributed by atoms with Crippen molar-refractivity contribution in [2.24, 2.45) is 0 Å². The lowest BCUT2D eigenvalue weighted by Gasteiger charge is -2.40. The fraction of sp³-hybridized carbons (Fsp3) is 0.538. The van der Waals surface area contributed by atoms with Crippen molar-refractivity contribution in [2.75, 3.05) is 13.2 Å². The molecule has 7 heteroatoms. The maximum atomic E-state index is 9.94. The highest BCUT2D eigenvalue weighted by Gasteiger charge is 2.42. The van der Waals surface area contributed by atoms with Crippen LogP contribution in [0, 0.1) is 0 Å². The van der Waals surface area contributed by atoms with Gasteiger partial charge in [0.05, 0.1) is 13.2 Å². The predicted molar refractivity (Wildman–Crippen MR) is 70.1 cm³/mol. The Kier molecular flexibility index (Phi) is 5.34. The molecule has 1 saturated heterocycles. The molecule has 0 saturated carbocycles. The summed E-state index contributed by atoms with van der Waals surface area (Å²) in [5.41, 5.74) is 0.634. The Morgan fingerprint density at radius 3 is 2.35 bits per heavy atom. The standard InChI is InChI=1S/C13H17ClO6/c14-8-3-1-7(2-4-8)13-19-10(6-16)11(18)12(20-13)9(17)5-15/h1-4,9-13,15-18H,5-6H2/t9-,10+,11-,12-,13?/m0/s1. The lowest BCUT2D eigenvalue weighted by atomic mass is 10.0. The Morgan fingerprint density at radius 2 is 1.80 bits per heavy atom. The topological polar surface area (TPSA) is 99.4 Å². The van der Waals surface area contributed by atoms with Crippen LogP contribution in [0.1, 0.15) is 11.9 Å². The first-order valence-electron chi connectivity index (χ1n) is 6.21. The number of aliphatic hydroxyl groups excluding tert-OH is 4. The molecule has 0 radical (unpaired) electrons. The second kappa shape index (κ2) is 6.82. The molecule has 1 heterocycles. The molecule has 1 aromatic rings. The average Bonchev–Trinajstić information content (AvgIpc) is 2.47. The zero-order valence-electron chi connectivity index (χ0n) is 10.6. The zero-order chi connectivity index (χ0) is 14.7. The highest BCUT2D eigenvalue weighted by molar-refractivity contribution is 6.30. The summed E-state index contributed by atoms with van der Waals surface area (Å²) in [5.74, 6) is 0. The quantitative estimate of drug-likeness (QED) is 0.616. The van der Waals surface area contributed by atoms with Crippen molar-refractivity contribution in [3.8, 4) is 0 Å². The minimum Gasteiger partial charge on any atom is -0.394 e. The highest BCUT2D eigenvalue weighted by Crippen LogP contribution is 2.31. The Balaban J connectivity index is 2.19. The van der Waals surface area contributed by atoms with Gasteiger partial charge in [-0.1, -0.05) is 23.7 Å². The van der Waals surface area contributed by atoms with Crippen molar-refractivity contribution in [1.82, 2.24) is 0 Å². The number of halogens is 1. The van der Waals surface area contributed by atoms with Crippen LogP contribution in [0.15, 0.2) is 24.3 Å². The number of hydrogen-bond donors (Lipinski definition) is 4. The van der Waals surface area contributed by atoms with Crippen molar-refractivity contribution >= 4 is 11.6 Å². The molecule has 2 rings (SSSR count). The summed E-state index contributed by atoms with van der Waals surface area (Å²) >= 11 is 5.80. The van der Waals surface area contributed by atoms with Gasteiger partial charge in [-0.15, -0.1) is 0 Å². The molecule has 1 aliphatic heterocycles. The summed E-state index contributed by atoms with van der Waals surface area (Å²) in [6.45, 7) is -0.990. The minimum absolute atomic E-state index is 0.427. The minimum atomic E-state index is -1.27. The normalized spacial score (nSPS) is 32.0. The Labute approximate surface area is 121 Å². The summed E-state index contributed by atoms with van der Waals surface area (Å²) in [5, 5.41) is 38.4. The molecule has 0 aromatic heterocycles. The van der Waals surface area contributed by atoms with E-state index in [-0.39, 0.29) is 0 Å². The van der Waals surface area contributed by atoms with E-state index >= 15 is 0 Å². The lowest BCUT2D eigenvalue weighted by Crippen LogP contribution is -2.54. The first-order chi connectivity index (χ1) is 9.56. The van der Waals surface area contributed by atoms with Gasteiger partial charge < -0.3 is 29.9 Å². The second-order valence-corrected chi connectivity index (χ2v) is 5.02. The van der Waals surface area contributed by atoms with E-state index in [0.29, 0.717) is 10.6 Å². The third-order valence-electron chi connectivity index (χ3n) is 3.19. The summed E-state index contributed by atoms with van der Waals surface area (Å²) in [6.07, 6.45) is -5.32. The van der Waals surface area contributed by atoms with Gasteiger partial charge in [0.25, 0.3) is 0 Å². The van der Waals surface area contributed by atoms with E-state index in [1.54, 1.807) is 24.3 Å².